The van der Waals surface area contributed by atoms with Gasteiger partial charge in [0.1, 0.15) is 5.82 Å². The summed E-state index contributed by atoms with van der Waals surface area (Å²) in [6.07, 6.45) is 4.67. The number of hydrogen-bond donors (Lipinski definition) is 0. The van der Waals surface area contributed by atoms with E-state index in [0.29, 0.717) is 11.1 Å². The molecule has 2 aliphatic heterocycles. The maximum Gasteiger partial charge on any atom is 0.123 e. The molecule has 0 bridgehead atoms. The summed E-state index contributed by atoms with van der Waals surface area (Å²) >= 11 is 6.50. The van der Waals surface area contributed by atoms with Crippen LogP contribution in [0.25, 0.3) is 16.9 Å². The summed E-state index contributed by atoms with van der Waals surface area (Å²) in [7, 11) is 0. The van der Waals surface area contributed by atoms with Crippen molar-refractivity contribution in [1.82, 2.24) is 19.6 Å². The number of rotatable bonds is 4. The molecule has 0 saturated carbocycles. The fourth-order valence-electron chi connectivity index (χ4n) is 4.57. The van der Waals surface area contributed by atoms with Crippen LogP contribution < -0.4 is 0 Å². The molecule has 2 saturated heterocycles. The predicted molar refractivity (Wildman–Crippen MR) is 114 cm³/mol. The number of fused-ring (bicyclic) bond motifs is 1. The summed E-state index contributed by atoms with van der Waals surface area (Å²) < 4.78 is 15.2. The second-order valence-electron chi connectivity index (χ2n) is 7.97. The lowest BCUT2D eigenvalue weighted by Crippen LogP contribution is -2.49. The molecule has 1 atom stereocenters. The van der Waals surface area contributed by atoms with E-state index in [1.165, 1.54) is 31.5 Å². The molecule has 6 heteroatoms. The van der Waals surface area contributed by atoms with Crippen LogP contribution in [0.1, 0.15) is 18.4 Å². The molecule has 2 aromatic carbocycles. The van der Waals surface area contributed by atoms with Crippen molar-refractivity contribution in [3.8, 4) is 16.9 Å². The first kappa shape index (κ1) is 18.8. The monoisotopic (exact) mass is 410 g/mol. The first-order valence-electron chi connectivity index (χ1n) is 10.2. The third kappa shape index (κ3) is 3.82. The third-order valence-corrected chi connectivity index (χ3v) is 6.41. The van der Waals surface area contributed by atoms with Crippen LogP contribution in [0.5, 0.6) is 0 Å². The Morgan fingerprint density at radius 3 is 2.69 bits per heavy atom. The molecule has 5 rings (SSSR count). The highest BCUT2D eigenvalue weighted by atomic mass is 35.5. The Hall–Kier alpha value is -2.21. The van der Waals surface area contributed by atoms with Gasteiger partial charge in [0.2, 0.25) is 0 Å². The fraction of sp³-hybridized carbons (Fsp3) is 0.348. The van der Waals surface area contributed by atoms with E-state index in [9.17, 15) is 4.39 Å². The first-order chi connectivity index (χ1) is 14.2. The highest BCUT2D eigenvalue weighted by Crippen LogP contribution is 2.31. The zero-order valence-electron chi connectivity index (χ0n) is 16.3. The largest absolute Gasteiger partial charge is 0.298 e. The molecule has 0 spiro atoms. The molecule has 150 valence electrons. The lowest BCUT2D eigenvalue weighted by Gasteiger charge is -2.37. The zero-order chi connectivity index (χ0) is 19.8. The minimum Gasteiger partial charge on any atom is -0.298 e. The van der Waals surface area contributed by atoms with Crippen LogP contribution in [0.2, 0.25) is 5.02 Å². The molecule has 3 heterocycles. The predicted octanol–water partition coefficient (Wildman–Crippen LogP) is 4.61. The molecule has 29 heavy (non-hydrogen) atoms. The lowest BCUT2D eigenvalue weighted by atomic mass is 10.1. The van der Waals surface area contributed by atoms with Crippen LogP contribution in [0, 0.1) is 5.82 Å². The van der Waals surface area contributed by atoms with Gasteiger partial charge in [0.25, 0.3) is 0 Å². The standard InChI is InChI=1S/C23H24ClFN4/c24-22-6-2-1-5-21(22)23-17(14-27-12-13-28-11-3-4-20(28)16-27)15-29(26-23)19-9-7-18(25)8-10-19/h1-2,5-10,15,20H,3-4,11-14,16H2/t20-/m0/s1. The van der Waals surface area contributed by atoms with Crippen molar-refractivity contribution >= 4 is 11.6 Å². The molecule has 4 nitrogen and oxygen atoms in total. The topological polar surface area (TPSA) is 24.3 Å². The van der Waals surface area contributed by atoms with Gasteiger partial charge in [-0.15, -0.1) is 0 Å². The Morgan fingerprint density at radius 2 is 1.86 bits per heavy atom. The first-order valence-corrected chi connectivity index (χ1v) is 10.6. The lowest BCUT2D eigenvalue weighted by molar-refractivity contribution is 0.0995. The average Bonchev–Trinajstić information content (AvgIpc) is 3.36. The quantitative estimate of drug-likeness (QED) is 0.627. The SMILES string of the molecule is Fc1ccc(-n2cc(CN3CCN4CCC[C@H]4C3)c(-c3ccccc3Cl)n2)cc1. The normalized spacial score (nSPS) is 20.1. The molecule has 1 aromatic heterocycles. The van der Waals surface area contributed by atoms with Crippen molar-refractivity contribution < 1.29 is 4.39 Å². The van der Waals surface area contributed by atoms with Crippen molar-refractivity contribution in [3.63, 3.8) is 0 Å². The van der Waals surface area contributed by atoms with Crippen LogP contribution in [-0.2, 0) is 6.54 Å². The highest BCUT2D eigenvalue weighted by molar-refractivity contribution is 6.33. The maximum atomic E-state index is 13.4. The molecular weight excluding hydrogens is 387 g/mol. The number of halogens is 2. The average molecular weight is 411 g/mol. The van der Waals surface area contributed by atoms with Crippen molar-refractivity contribution in [3.05, 3.63) is 71.1 Å². The van der Waals surface area contributed by atoms with Gasteiger partial charge in [-0.05, 0) is 49.7 Å². The molecule has 3 aromatic rings. The van der Waals surface area contributed by atoms with Gasteiger partial charge in [-0.2, -0.15) is 5.10 Å². The second-order valence-corrected chi connectivity index (χ2v) is 8.38. The van der Waals surface area contributed by atoms with Crippen LogP contribution in [0.3, 0.4) is 0 Å². The van der Waals surface area contributed by atoms with Gasteiger partial charge < -0.3 is 0 Å². The summed E-state index contributed by atoms with van der Waals surface area (Å²) in [4.78, 5) is 5.15. The molecule has 0 unspecified atom stereocenters. The van der Waals surface area contributed by atoms with Crippen molar-refractivity contribution in [2.45, 2.75) is 25.4 Å². The molecule has 2 fully saturated rings. The summed E-state index contributed by atoms with van der Waals surface area (Å²) in [6, 6.07) is 14.9. The van der Waals surface area contributed by atoms with E-state index in [1.807, 2.05) is 28.9 Å². The Kier molecular flexibility index (Phi) is 5.12. The summed E-state index contributed by atoms with van der Waals surface area (Å²) in [5, 5.41) is 5.54. The number of benzene rings is 2. The van der Waals surface area contributed by atoms with E-state index in [2.05, 4.69) is 16.0 Å². The van der Waals surface area contributed by atoms with E-state index in [4.69, 9.17) is 16.7 Å². The number of aromatic nitrogens is 2. The smallest absolute Gasteiger partial charge is 0.123 e. The minimum absolute atomic E-state index is 0.248. The van der Waals surface area contributed by atoms with Gasteiger partial charge in [0, 0.05) is 49.5 Å². The summed E-state index contributed by atoms with van der Waals surface area (Å²) in [5.74, 6) is -0.248. The molecule has 0 aliphatic carbocycles. The van der Waals surface area contributed by atoms with Gasteiger partial charge in [0.05, 0.1) is 16.4 Å². The van der Waals surface area contributed by atoms with E-state index in [-0.39, 0.29) is 5.82 Å². The summed E-state index contributed by atoms with van der Waals surface area (Å²) in [6.45, 7) is 5.39. The van der Waals surface area contributed by atoms with Crippen LogP contribution in [0.4, 0.5) is 4.39 Å². The minimum atomic E-state index is -0.248. The van der Waals surface area contributed by atoms with Crippen molar-refractivity contribution in [2.75, 3.05) is 26.2 Å². The van der Waals surface area contributed by atoms with E-state index >= 15 is 0 Å². The Labute approximate surface area is 175 Å². The fourth-order valence-corrected chi connectivity index (χ4v) is 4.80. The Morgan fingerprint density at radius 1 is 1.03 bits per heavy atom. The van der Waals surface area contributed by atoms with Crippen LogP contribution in [-0.4, -0.2) is 51.8 Å². The van der Waals surface area contributed by atoms with Crippen LogP contribution >= 0.6 is 11.6 Å². The maximum absolute atomic E-state index is 13.4. The van der Waals surface area contributed by atoms with Gasteiger partial charge in [0.15, 0.2) is 0 Å². The van der Waals surface area contributed by atoms with Gasteiger partial charge in [-0.25, -0.2) is 9.07 Å². The molecule has 0 N–H and O–H groups in total. The van der Waals surface area contributed by atoms with E-state index < -0.39 is 0 Å². The highest BCUT2D eigenvalue weighted by Gasteiger charge is 2.31. The number of piperazine rings is 1. The summed E-state index contributed by atoms with van der Waals surface area (Å²) in [5.41, 5.74) is 3.82. The van der Waals surface area contributed by atoms with Gasteiger partial charge in [-0.3, -0.25) is 9.80 Å². The Balaban J connectivity index is 1.49. The molecule has 0 radical (unpaired) electrons. The van der Waals surface area contributed by atoms with E-state index in [0.717, 1.165) is 48.7 Å². The third-order valence-electron chi connectivity index (χ3n) is 6.08. The van der Waals surface area contributed by atoms with E-state index in [1.54, 1.807) is 12.1 Å². The van der Waals surface area contributed by atoms with Gasteiger partial charge in [-0.1, -0.05) is 29.8 Å². The second kappa shape index (κ2) is 7.90. The number of nitrogens with zero attached hydrogens (tertiary/aromatic N) is 4. The molecule has 2 aliphatic rings. The molecule has 0 amide bonds. The van der Waals surface area contributed by atoms with Crippen molar-refractivity contribution in [2.24, 2.45) is 0 Å². The number of hydrogen-bond acceptors (Lipinski definition) is 3. The van der Waals surface area contributed by atoms with Gasteiger partial charge >= 0.3 is 0 Å². The molecular formula is C23H24ClFN4. The van der Waals surface area contributed by atoms with Crippen molar-refractivity contribution in [1.29, 1.82) is 0 Å². The van der Waals surface area contributed by atoms with Crippen LogP contribution in [0.15, 0.2) is 54.7 Å². The zero-order valence-corrected chi connectivity index (χ0v) is 17.0. The Bertz CT molecular complexity index is 1000.